The van der Waals surface area contributed by atoms with Crippen LogP contribution in [0.25, 0.3) is 0 Å². The van der Waals surface area contributed by atoms with Gasteiger partial charge < -0.3 is 24.2 Å². The van der Waals surface area contributed by atoms with Gasteiger partial charge in [0, 0.05) is 50.8 Å². The van der Waals surface area contributed by atoms with Crippen molar-refractivity contribution in [3.63, 3.8) is 0 Å². The van der Waals surface area contributed by atoms with Crippen molar-refractivity contribution in [2.45, 2.75) is 19.9 Å². The molecule has 30 heavy (non-hydrogen) atoms. The third kappa shape index (κ3) is 4.05. The van der Waals surface area contributed by atoms with E-state index in [-0.39, 0.29) is 5.91 Å². The van der Waals surface area contributed by atoms with E-state index < -0.39 is 0 Å². The summed E-state index contributed by atoms with van der Waals surface area (Å²) in [6, 6.07) is 7.26. The molecule has 8 nitrogen and oxygen atoms in total. The van der Waals surface area contributed by atoms with Gasteiger partial charge in [-0.3, -0.25) is 4.79 Å². The molecular formula is C22H29N5O3. The number of aromatic nitrogens is 2. The third-order valence-electron chi connectivity index (χ3n) is 5.78. The predicted octanol–water partition coefficient (Wildman–Crippen LogP) is 1.98. The molecule has 0 saturated carbocycles. The van der Waals surface area contributed by atoms with Gasteiger partial charge in [-0.15, -0.1) is 0 Å². The Balaban J connectivity index is 1.61. The number of nitrogens with zero attached hydrogens (tertiary/aromatic N) is 5. The summed E-state index contributed by atoms with van der Waals surface area (Å²) in [6.07, 6.45) is 0.724. The number of hydrogen-bond donors (Lipinski definition) is 0. The number of ether oxygens (including phenoxy) is 2. The van der Waals surface area contributed by atoms with Crippen LogP contribution in [0.15, 0.2) is 24.3 Å². The normalized spacial score (nSPS) is 16.2. The summed E-state index contributed by atoms with van der Waals surface area (Å²) in [5, 5.41) is 0. The maximum absolute atomic E-state index is 13.1. The Morgan fingerprint density at radius 2 is 1.90 bits per heavy atom. The average molecular weight is 412 g/mol. The maximum Gasteiger partial charge on any atom is 0.254 e. The second-order valence-corrected chi connectivity index (χ2v) is 7.59. The minimum absolute atomic E-state index is 0.0191. The number of morpholine rings is 1. The van der Waals surface area contributed by atoms with Crippen LogP contribution in [0.4, 0.5) is 11.8 Å². The van der Waals surface area contributed by atoms with Crippen LogP contribution in [-0.2, 0) is 17.7 Å². The van der Waals surface area contributed by atoms with Crippen molar-refractivity contribution in [1.82, 2.24) is 14.9 Å². The van der Waals surface area contributed by atoms with Crippen molar-refractivity contribution < 1.29 is 14.3 Å². The second kappa shape index (κ2) is 8.87. The van der Waals surface area contributed by atoms with Crippen LogP contribution in [0.3, 0.4) is 0 Å². The van der Waals surface area contributed by atoms with Crippen molar-refractivity contribution in [2.24, 2.45) is 0 Å². The fraction of sp³-hybridized carbons (Fsp3) is 0.500. The molecule has 0 spiro atoms. The summed E-state index contributed by atoms with van der Waals surface area (Å²) < 4.78 is 10.7. The molecular weight excluding hydrogens is 382 g/mol. The zero-order valence-electron chi connectivity index (χ0n) is 17.9. The van der Waals surface area contributed by atoms with Crippen LogP contribution in [-0.4, -0.2) is 74.3 Å². The maximum atomic E-state index is 13.1. The van der Waals surface area contributed by atoms with E-state index in [2.05, 4.69) is 16.7 Å². The Bertz CT molecular complexity index is 896. The molecule has 1 amide bonds. The zero-order chi connectivity index (χ0) is 21.1. The Morgan fingerprint density at radius 3 is 2.57 bits per heavy atom. The molecule has 2 aliphatic heterocycles. The van der Waals surface area contributed by atoms with Gasteiger partial charge in [0.1, 0.15) is 11.6 Å². The van der Waals surface area contributed by atoms with Crippen LogP contribution in [0.5, 0.6) is 5.75 Å². The summed E-state index contributed by atoms with van der Waals surface area (Å²) in [6.45, 7) is 7.10. The van der Waals surface area contributed by atoms with Gasteiger partial charge in [0.15, 0.2) is 0 Å². The number of amides is 1. The van der Waals surface area contributed by atoms with Crippen molar-refractivity contribution in [1.29, 1.82) is 0 Å². The highest BCUT2D eigenvalue weighted by atomic mass is 16.5. The molecule has 3 heterocycles. The molecule has 0 N–H and O–H groups in total. The third-order valence-corrected chi connectivity index (χ3v) is 5.78. The van der Waals surface area contributed by atoms with Crippen molar-refractivity contribution in [3.05, 3.63) is 41.1 Å². The molecule has 8 heteroatoms. The fourth-order valence-corrected chi connectivity index (χ4v) is 3.84. The zero-order valence-corrected chi connectivity index (χ0v) is 17.9. The SMILES string of the molecule is CCN(C)c1nc(N2CCOCC2)nc2c1CN(C(=O)c1ccc(OC)cc1)CC2. The van der Waals surface area contributed by atoms with Gasteiger partial charge in [-0.25, -0.2) is 4.98 Å². The van der Waals surface area contributed by atoms with Gasteiger partial charge in [0.25, 0.3) is 5.91 Å². The predicted molar refractivity (Wildman–Crippen MR) is 115 cm³/mol. The van der Waals surface area contributed by atoms with Gasteiger partial charge in [-0.2, -0.15) is 4.98 Å². The molecule has 160 valence electrons. The monoisotopic (exact) mass is 411 g/mol. The second-order valence-electron chi connectivity index (χ2n) is 7.59. The first-order chi connectivity index (χ1) is 14.6. The van der Waals surface area contributed by atoms with E-state index in [1.807, 2.05) is 36.2 Å². The summed E-state index contributed by atoms with van der Waals surface area (Å²) in [7, 11) is 3.66. The van der Waals surface area contributed by atoms with Crippen LogP contribution in [0, 0.1) is 0 Å². The van der Waals surface area contributed by atoms with E-state index in [1.54, 1.807) is 7.11 Å². The standard InChI is InChI=1S/C22H29N5O3/c1-4-25(2)20-18-15-27(21(28)16-5-7-17(29-3)8-6-16)10-9-19(18)23-22(24-20)26-11-13-30-14-12-26/h5-8H,4,9-15H2,1-3H3. The molecule has 2 aliphatic rings. The molecule has 0 aliphatic carbocycles. The first-order valence-electron chi connectivity index (χ1n) is 10.5. The van der Waals surface area contributed by atoms with Crippen molar-refractivity contribution in [3.8, 4) is 5.75 Å². The molecule has 1 aromatic heterocycles. The number of carbonyl (C=O) groups excluding carboxylic acids is 1. The Labute approximate surface area is 177 Å². The largest absolute Gasteiger partial charge is 0.497 e. The summed E-state index contributed by atoms with van der Waals surface area (Å²) in [4.78, 5) is 29.1. The number of fused-ring (bicyclic) bond motifs is 1. The number of benzene rings is 1. The molecule has 1 aromatic carbocycles. The van der Waals surface area contributed by atoms with E-state index in [9.17, 15) is 4.79 Å². The number of hydrogen-bond acceptors (Lipinski definition) is 7. The lowest BCUT2D eigenvalue weighted by atomic mass is 10.0. The smallest absolute Gasteiger partial charge is 0.254 e. The van der Waals surface area contributed by atoms with Gasteiger partial charge in [-0.1, -0.05) is 0 Å². The Kier molecular flexibility index (Phi) is 6.03. The van der Waals surface area contributed by atoms with E-state index >= 15 is 0 Å². The van der Waals surface area contributed by atoms with Crippen molar-refractivity contribution in [2.75, 3.05) is 63.4 Å². The minimum atomic E-state index is 0.0191. The number of anilines is 2. The number of carbonyl (C=O) groups is 1. The fourth-order valence-electron chi connectivity index (χ4n) is 3.84. The van der Waals surface area contributed by atoms with Gasteiger partial charge in [-0.05, 0) is 31.2 Å². The number of rotatable bonds is 5. The topological polar surface area (TPSA) is 71.0 Å². The van der Waals surface area contributed by atoms with E-state index in [0.717, 1.165) is 54.8 Å². The van der Waals surface area contributed by atoms with Crippen LogP contribution < -0.4 is 14.5 Å². The van der Waals surface area contributed by atoms with Gasteiger partial charge in [0.05, 0.1) is 32.6 Å². The lowest BCUT2D eigenvalue weighted by Gasteiger charge is -2.34. The lowest BCUT2D eigenvalue weighted by Crippen LogP contribution is -2.40. The molecule has 0 unspecified atom stereocenters. The van der Waals surface area contributed by atoms with Crippen molar-refractivity contribution >= 4 is 17.7 Å². The molecule has 0 bridgehead atoms. The Hall–Kier alpha value is -2.87. The molecule has 2 aromatic rings. The molecule has 0 radical (unpaired) electrons. The quantitative estimate of drug-likeness (QED) is 0.745. The first-order valence-corrected chi connectivity index (χ1v) is 10.5. The highest BCUT2D eigenvalue weighted by Gasteiger charge is 2.28. The molecule has 1 fully saturated rings. The van der Waals surface area contributed by atoms with Gasteiger partial charge >= 0.3 is 0 Å². The highest BCUT2D eigenvalue weighted by molar-refractivity contribution is 5.94. The first kappa shape index (κ1) is 20.4. The molecule has 0 atom stereocenters. The van der Waals surface area contributed by atoms with E-state index in [1.165, 1.54) is 0 Å². The summed E-state index contributed by atoms with van der Waals surface area (Å²) in [5.41, 5.74) is 2.75. The van der Waals surface area contributed by atoms with Crippen LogP contribution in [0.2, 0.25) is 0 Å². The highest BCUT2D eigenvalue weighted by Crippen LogP contribution is 2.29. The summed E-state index contributed by atoms with van der Waals surface area (Å²) in [5.74, 6) is 2.44. The minimum Gasteiger partial charge on any atom is -0.497 e. The van der Waals surface area contributed by atoms with Gasteiger partial charge in [0.2, 0.25) is 5.95 Å². The van der Waals surface area contributed by atoms with E-state index in [0.29, 0.717) is 31.9 Å². The van der Waals surface area contributed by atoms with Crippen LogP contribution >= 0.6 is 0 Å². The lowest BCUT2D eigenvalue weighted by molar-refractivity contribution is 0.0733. The average Bonchev–Trinajstić information content (AvgIpc) is 2.82. The van der Waals surface area contributed by atoms with Crippen LogP contribution in [0.1, 0.15) is 28.5 Å². The Morgan fingerprint density at radius 1 is 1.17 bits per heavy atom. The van der Waals surface area contributed by atoms with E-state index in [4.69, 9.17) is 19.4 Å². The molecule has 4 rings (SSSR count). The molecule has 1 saturated heterocycles. The number of methoxy groups -OCH3 is 1. The summed E-state index contributed by atoms with van der Waals surface area (Å²) >= 11 is 0.